The van der Waals surface area contributed by atoms with Crippen molar-refractivity contribution < 1.29 is 13.2 Å². The zero-order valence-corrected chi connectivity index (χ0v) is 16.5. The van der Waals surface area contributed by atoms with Crippen LogP contribution in [-0.4, -0.2) is 42.3 Å². The third-order valence-electron chi connectivity index (χ3n) is 4.14. The predicted molar refractivity (Wildman–Crippen MR) is 102 cm³/mol. The number of carbonyl (C=O) groups excluding carboxylic acids is 1. The summed E-state index contributed by atoms with van der Waals surface area (Å²) in [6.45, 7) is 2.04. The van der Waals surface area contributed by atoms with Crippen molar-refractivity contribution >= 4 is 54.3 Å². The molecule has 0 aliphatic carbocycles. The van der Waals surface area contributed by atoms with Crippen molar-refractivity contribution in [2.45, 2.75) is 37.5 Å². The maximum Gasteiger partial charge on any atom is 0.248 e. The van der Waals surface area contributed by atoms with Gasteiger partial charge in [0.1, 0.15) is 0 Å². The number of benzene rings is 1. The number of hydrogen-bond acceptors (Lipinski definition) is 4. The number of hydrogen-bond donors (Lipinski definition) is 0. The molecule has 0 spiro atoms. The minimum Gasteiger partial charge on any atom is -0.316 e. The number of rotatable bonds is 4. The van der Waals surface area contributed by atoms with Crippen molar-refractivity contribution in [2.75, 3.05) is 16.4 Å². The first-order chi connectivity index (χ1) is 11.4. The van der Waals surface area contributed by atoms with E-state index in [0.717, 1.165) is 23.0 Å². The van der Waals surface area contributed by atoms with Gasteiger partial charge in [0.2, 0.25) is 5.91 Å². The zero-order chi connectivity index (χ0) is 17.3. The van der Waals surface area contributed by atoms with E-state index >= 15 is 0 Å². The molecule has 24 heavy (non-hydrogen) atoms. The minimum absolute atomic E-state index is 0.0589. The molecule has 0 radical (unpaired) electrons. The van der Waals surface area contributed by atoms with Gasteiger partial charge in [-0.25, -0.2) is 8.42 Å². The number of carbonyl (C=O) groups is 1. The quantitative estimate of drug-likeness (QED) is 0.733. The second kappa shape index (κ2) is 7.17. The molecule has 0 aromatic heterocycles. The van der Waals surface area contributed by atoms with Crippen LogP contribution >= 0.6 is 27.7 Å². The molecule has 0 N–H and O–H groups in total. The topological polar surface area (TPSA) is 66.8 Å². The van der Waals surface area contributed by atoms with Crippen LogP contribution in [0.3, 0.4) is 0 Å². The van der Waals surface area contributed by atoms with Crippen LogP contribution in [0.1, 0.15) is 26.2 Å². The van der Waals surface area contributed by atoms with Crippen LogP contribution in [0, 0.1) is 0 Å². The van der Waals surface area contributed by atoms with E-state index in [9.17, 15) is 13.2 Å². The molecule has 2 saturated heterocycles. The van der Waals surface area contributed by atoms with Gasteiger partial charge in [-0.15, -0.1) is 0 Å². The second-order valence-corrected chi connectivity index (χ2v) is 10.3. The monoisotopic (exact) mass is 430 g/mol. The number of unbranched alkanes of at least 4 members (excludes halogenated alkanes) is 1. The molecule has 1 aromatic carbocycles. The van der Waals surface area contributed by atoms with Crippen LogP contribution in [0.4, 0.5) is 5.69 Å². The fraction of sp³-hybridized carbons (Fsp3) is 0.500. The fourth-order valence-corrected chi connectivity index (χ4v) is 7.15. The van der Waals surface area contributed by atoms with Gasteiger partial charge >= 0.3 is 0 Å². The highest BCUT2D eigenvalue weighted by atomic mass is 79.9. The largest absolute Gasteiger partial charge is 0.316 e. The molecule has 2 aliphatic rings. The maximum absolute atomic E-state index is 12.1. The number of nitrogens with zero attached hydrogens (tertiary/aromatic N) is 2. The smallest absolute Gasteiger partial charge is 0.248 e. The third-order valence-corrected chi connectivity index (χ3v) is 7.87. The Hall–Kier alpha value is -0.860. The molecular weight excluding hydrogens is 412 g/mol. The van der Waals surface area contributed by atoms with Crippen LogP contribution in [-0.2, 0) is 14.6 Å². The lowest BCUT2D eigenvalue weighted by atomic mass is 10.2. The van der Waals surface area contributed by atoms with Gasteiger partial charge in [-0.1, -0.05) is 41.0 Å². The van der Waals surface area contributed by atoms with Gasteiger partial charge in [0.15, 0.2) is 15.0 Å². The number of thioether (sulfide) groups is 1. The Morgan fingerprint density at radius 3 is 2.71 bits per heavy atom. The minimum atomic E-state index is -3.03. The van der Waals surface area contributed by atoms with E-state index < -0.39 is 9.84 Å². The lowest BCUT2D eigenvalue weighted by molar-refractivity contribution is -0.117. The number of aliphatic imine (C=N–C) groups is 1. The Morgan fingerprint density at radius 1 is 1.33 bits per heavy atom. The van der Waals surface area contributed by atoms with Crippen LogP contribution in [0.2, 0.25) is 0 Å². The summed E-state index contributed by atoms with van der Waals surface area (Å²) in [5, 5.41) is 0.569. The number of halogens is 1. The average molecular weight is 431 g/mol. The van der Waals surface area contributed by atoms with Crippen molar-refractivity contribution in [3.63, 3.8) is 0 Å². The number of sulfone groups is 1. The van der Waals surface area contributed by atoms with E-state index in [2.05, 4.69) is 20.9 Å². The molecule has 8 heteroatoms. The van der Waals surface area contributed by atoms with Crippen LogP contribution in [0.5, 0.6) is 0 Å². The van der Waals surface area contributed by atoms with E-state index in [1.807, 2.05) is 36.1 Å². The normalized spacial score (nSPS) is 26.8. The van der Waals surface area contributed by atoms with Crippen LogP contribution in [0.25, 0.3) is 0 Å². The first-order valence-electron chi connectivity index (χ1n) is 7.93. The molecule has 1 amide bonds. The van der Waals surface area contributed by atoms with Gasteiger partial charge in [-0.05, 0) is 30.7 Å². The van der Waals surface area contributed by atoms with Gasteiger partial charge in [0, 0.05) is 21.8 Å². The molecule has 2 atom stereocenters. The number of amidine groups is 1. The molecule has 130 valence electrons. The van der Waals surface area contributed by atoms with Gasteiger partial charge < -0.3 is 4.90 Å². The SMILES string of the molecule is CCCCC(=O)N=C1S[C@H]2CS(=O)(=O)C[C@@H]2N1c1ccc(Br)cc1. The Kier molecular flexibility index (Phi) is 5.36. The standard InChI is InChI=1S/C16H19BrN2O3S2/c1-2-3-4-15(20)18-16-19(12-7-5-11(17)6-8-12)13-9-24(21,22)10-14(13)23-16/h5-8,13-14H,2-4,9-10H2,1H3/t13-,14-/m0/s1. The number of anilines is 1. The highest BCUT2D eigenvalue weighted by Crippen LogP contribution is 2.41. The Balaban J connectivity index is 1.92. The fourth-order valence-electron chi connectivity index (χ4n) is 2.96. The molecule has 3 rings (SSSR count). The Labute approximate surface area is 155 Å². The van der Waals surface area contributed by atoms with Crippen LogP contribution < -0.4 is 4.90 Å². The summed E-state index contributed by atoms with van der Waals surface area (Å²) < 4.78 is 24.9. The number of amides is 1. The molecule has 1 aromatic rings. The molecule has 2 aliphatic heterocycles. The Morgan fingerprint density at radius 2 is 2.04 bits per heavy atom. The van der Waals surface area contributed by atoms with E-state index in [1.54, 1.807) is 0 Å². The molecule has 0 saturated carbocycles. The summed E-state index contributed by atoms with van der Waals surface area (Å²) >= 11 is 4.83. The third kappa shape index (κ3) is 3.86. The van der Waals surface area contributed by atoms with Gasteiger partial charge in [-0.3, -0.25) is 4.79 Å². The summed E-state index contributed by atoms with van der Waals surface area (Å²) in [5.41, 5.74) is 0.873. The summed E-state index contributed by atoms with van der Waals surface area (Å²) in [7, 11) is -3.03. The van der Waals surface area contributed by atoms with Gasteiger partial charge in [0.25, 0.3) is 0 Å². The summed E-state index contributed by atoms with van der Waals surface area (Å²) in [6, 6.07) is 7.51. The second-order valence-electron chi connectivity index (χ2n) is 6.04. The predicted octanol–water partition coefficient (Wildman–Crippen LogP) is 3.24. The maximum atomic E-state index is 12.1. The van der Waals surface area contributed by atoms with Gasteiger partial charge in [0.05, 0.1) is 17.5 Å². The Bertz CT molecular complexity index is 762. The molecule has 2 fully saturated rings. The van der Waals surface area contributed by atoms with Crippen molar-refractivity contribution in [2.24, 2.45) is 4.99 Å². The summed E-state index contributed by atoms with van der Waals surface area (Å²) in [6.07, 6.45) is 2.20. The van der Waals surface area contributed by atoms with Crippen LogP contribution in [0.15, 0.2) is 33.7 Å². The first-order valence-corrected chi connectivity index (χ1v) is 11.4. The summed E-state index contributed by atoms with van der Waals surface area (Å²) in [5.74, 6) is 0.129. The molecule has 0 unspecified atom stereocenters. The first kappa shape index (κ1) is 17.9. The zero-order valence-electron chi connectivity index (χ0n) is 13.3. The van der Waals surface area contributed by atoms with E-state index in [-0.39, 0.29) is 28.7 Å². The van der Waals surface area contributed by atoms with Crippen molar-refractivity contribution in [3.8, 4) is 0 Å². The van der Waals surface area contributed by atoms with Crippen molar-refractivity contribution in [3.05, 3.63) is 28.7 Å². The molecule has 2 heterocycles. The molecular formula is C16H19BrN2O3S2. The lowest BCUT2D eigenvalue weighted by Crippen LogP contribution is -2.37. The molecule has 0 bridgehead atoms. The number of fused-ring (bicyclic) bond motifs is 1. The van der Waals surface area contributed by atoms with Gasteiger partial charge in [-0.2, -0.15) is 4.99 Å². The summed E-state index contributed by atoms with van der Waals surface area (Å²) in [4.78, 5) is 18.3. The van der Waals surface area contributed by atoms with Crippen molar-refractivity contribution in [1.82, 2.24) is 0 Å². The van der Waals surface area contributed by atoms with E-state index in [4.69, 9.17) is 0 Å². The van der Waals surface area contributed by atoms with Crippen molar-refractivity contribution in [1.29, 1.82) is 0 Å². The van der Waals surface area contributed by atoms with E-state index in [1.165, 1.54) is 11.8 Å². The lowest BCUT2D eigenvalue weighted by Gasteiger charge is -2.24. The molecule has 5 nitrogen and oxygen atoms in total. The highest BCUT2D eigenvalue weighted by molar-refractivity contribution is 9.10. The highest BCUT2D eigenvalue weighted by Gasteiger charge is 2.49. The average Bonchev–Trinajstić information content (AvgIpc) is 2.97. The van der Waals surface area contributed by atoms with E-state index in [0.29, 0.717) is 11.6 Å².